The first-order valence-corrected chi connectivity index (χ1v) is 16.5. The number of aromatic nitrogens is 1. The summed E-state index contributed by atoms with van der Waals surface area (Å²) >= 11 is 4.91. The van der Waals surface area contributed by atoms with Crippen molar-refractivity contribution in [1.82, 2.24) is 4.98 Å². The van der Waals surface area contributed by atoms with Gasteiger partial charge in [0.05, 0.1) is 12.0 Å². The van der Waals surface area contributed by atoms with E-state index in [2.05, 4.69) is 32.7 Å². The second-order valence-electron chi connectivity index (χ2n) is 11.5. The fourth-order valence-corrected chi connectivity index (χ4v) is 6.79. The highest BCUT2D eigenvalue weighted by Crippen LogP contribution is 2.37. The molecule has 212 valence electrons. The first-order chi connectivity index (χ1) is 18.5. The standard InChI is InChI=1S/C31H41NO4S3/c1-22(20-30(2,3)4)31(5,6)29(34)36-14-16-38-18-17-37-15-13-35-25-9-7-23(8-10-25)26-19-24-21-32-12-11-27(24)39-28(26)33/h7-12,19,21-22H,13-18,20H2,1-6H3. The number of carbonyl (C=O) groups is 1. The number of rotatable bonds is 14. The molecule has 0 spiro atoms. The third-order valence-corrected chi connectivity index (χ3v) is 9.86. The van der Waals surface area contributed by atoms with Gasteiger partial charge in [0.25, 0.3) is 0 Å². The highest BCUT2D eigenvalue weighted by Gasteiger charge is 2.37. The molecular weight excluding hydrogens is 547 g/mol. The van der Waals surface area contributed by atoms with Gasteiger partial charge >= 0.3 is 5.97 Å². The number of carbonyl (C=O) groups excluding carboxylic acids is 1. The zero-order chi connectivity index (χ0) is 28.5. The molecule has 0 N–H and O–H groups in total. The summed E-state index contributed by atoms with van der Waals surface area (Å²) in [6.07, 6.45) is 4.48. The van der Waals surface area contributed by atoms with Gasteiger partial charge in [-0.2, -0.15) is 23.5 Å². The van der Waals surface area contributed by atoms with Crippen molar-refractivity contribution in [2.45, 2.75) is 48.0 Å². The van der Waals surface area contributed by atoms with E-state index in [0.29, 0.717) is 18.8 Å². The van der Waals surface area contributed by atoms with Crippen molar-refractivity contribution in [3.63, 3.8) is 0 Å². The van der Waals surface area contributed by atoms with Crippen LogP contribution in [0, 0.1) is 16.7 Å². The highest BCUT2D eigenvalue weighted by atomic mass is 32.2. The first kappa shape index (κ1) is 31.5. The van der Waals surface area contributed by atoms with Crippen LogP contribution < -0.4 is 9.48 Å². The van der Waals surface area contributed by atoms with Crippen LogP contribution in [0.4, 0.5) is 0 Å². The molecule has 2 heterocycles. The number of esters is 1. The van der Waals surface area contributed by atoms with Crippen LogP contribution in [-0.4, -0.2) is 47.2 Å². The maximum atomic E-state index is 12.6. The van der Waals surface area contributed by atoms with Crippen LogP contribution >= 0.6 is 34.9 Å². The number of benzene rings is 1. The Balaban J connectivity index is 1.28. The van der Waals surface area contributed by atoms with Crippen molar-refractivity contribution in [2.75, 3.05) is 36.2 Å². The smallest absolute Gasteiger partial charge is 0.311 e. The Labute approximate surface area is 245 Å². The number of hydrogen-bond acceptors (Lipinski definition) is 8. The van der Waals surface area contributed by atoms with Gasteiger partial charge in [0.15, 0.2) is 0 Å². The van der Waals surface area contributed by atoms with E-state index in [1.165, 1.54) is 11.3 Å². The van der Waals surface area contributed by atoms with E-state index in [1.807, 2.05) is 73.8 Å². The van der Waals surface area contributed by atoms with Crippen molar-refractivity contribution in [3.05, 3.63) is 58.3 Å². The summed E-state index contributed by atoms with van der Waals surface area (Å²) in [5.41, 5.74) is 1.30. The van der Waals surface area contributed by atoms with E-state index in [-0.39, 0.29) is 22.0 Å². The average molecular weight is 588 g/mol. The molecule has 1 atom stereocenters. The summed E-state index contributed by atoms with van der Waals surface area (Å²) in [7, 11) is 0. The van der Waals surface area contributed by atoms with Gasteiger partial charge in [0.1, 0.15) is 12.4 Å². The Morgan fingerprint density at radius 2 is 1.64 bits per heavy atom. The first-order valence-electron chi connectivity index (χ1n) is 13.4. The summed E-state index contributed by atoms with van der Waals surface area (Å²) in [6.45, 7) is 13.9. The van der Waals surface area contributed by atoms with E-state index in [9.17, 15) is 9.59 Å². The Morgan fingerprint density at radius 3 is 2.31 bits per heavy atom. The average Bonchev–Trinajstić information content (AvgIpc) is 2.88. The zero-order valence-electron chi connectivity index (χ0n) is 24.0. The molecule has 1 unspecified atom stereocenters. The van der Waals surface area contributed by atoms with Crippen LogP contribution in [-0.2, 0) is 9.53 Å². The summed E-state index contributed by atoms with van der Waals surface area (Å²) in [6, 6.07) is 11.5. The molecule has 0 aliphatic heterocycles. The molecule has 39 heavy (non-hydrogen) atoms. The van der Waals surface area contributed by atoms with Crippen molar-refractivity contribution in [1.29, 1.82) is 0 Å². The molecule has 8 heteroatoms. The molecule has 0 saturated carbocycles. The Hall–Kier alpha value is -2.03. The summed E-state index contributed by atoms with van der Waals surface area (Å²) < 4.78 is 12.5. The molecule has 2 aromatic heterocycles. The predicted octanol–water partition coefficient (Wildman–Crippen LogP) is 7.81. The third kappa shape index (κ3) is 9.83. The van der Waals surface area contributed by atoms with Crippen LogP contribution in [0.1, 0.15) is 48.0 Å². The SMILES string of the molecule is CC(CC(C)(C)C)C(C)(C)C(=O)OCCSCCSCCOc1ccc(-c2cc3cnccc3sc2=O)cc1. The van der Waals surface area contributed by atoms with Gasteiger partial charge in [0, 0.05) is 51.1 Å². The lowest BCUT2D eigenvalue weighted by Crippen LogP contribution is -2.35. The van der Waals surface area contributed by atoms with Crippen LogP contribution in [0.2, 0.25) is 0 Å². The molecule has 0 saturated heterocycles. The number of pyridine rings is 1. The molecule has 0 radical (unpaired) electrons. The fourth-order valence-electron chi connectivity index (χ4n) is 4.19. The van der Waals surface area contributed by atoms with E-state index >= 15 is 0 Å². The topological polar surface area (TPSA) is 65.5 Å². The summed E-state index contributed by atoms with van der Waals surface area (Å²) in [5, 5.41) is 0.971. The molecule has 0 fully saturated rings. The summed E-state index contributed by atoms with van der Waals surface area (Å²) in [5.74, 6) is 4.74. The molecule has 0 aliphatic carbocycles. The largest absolute Gasteiger partial charge is 0.493 e. The third-order valence-electron chi connectivity index (χ3n) is 6.70. The van der Waals surface area contributed by atoms with Crippen LogP contribution in [0.25, 0.3) is 21.2 Å². The van der Waals surface area contributed by atoms with Gasteiger partial charge in [-0.15, -0.1) is 0 Å². The molecule has 5 nitrogen and oxygen atoms in total. The van der Waals surface area contributed by atoms with E-state index in [1.54, 1.807) is 12.4 Å². The number of fused-ring (bicyclic) bond motifs is 1. The van der Waals surface area contributed by atoms with E-state index in [0.717, 1.165) is 50.8 Å². The molecule has 1 aromatic carbocycles. The second-order valence-corrected chi connectivity index (χ2v) is 14.9. The lowest BCUT2D eigenvalue weighted by molar-refractivity contribution is -0.156. The van der Waals surface area contributed by atoms with Crippen molar-refractivity contribution in [2.24, 2.45) is 16.7 Å². The lowest BCUT2D eigenvalue weighted by Gasteiger charge is -2.33. The normalized spacial score (nSPS) is 12.9. The second kappa shape index (κ2) is 14.6. The Kier molecular flexibility index (Phi) is 11.8. The molecule has 3 rings (SSSR count). The minimum absolute atomic E-state index is 0.0457. The summed E-state index contributed by atoms with van der Waals surface area (Å²) in [4.78, 5) is 29.3. The fraction of sp³-hybridized carbons (Fsp3) is 0.516. The van der Waals surface area contributed by atoms with Gasteiger partial charge in [0.2, 0.25) is 4.74 Å². The van der Waals surface area contributed by atoms with Crippen LogP contribution in [0.3, 0.4) is 0 Å². The van der Waals surface area contributed by atoms with E-state index < -0.39 is 5.41 Å². The number of nitrogens with zero attached hydrogens (tertiary/aromatic N) is 1. The van der Waals surface area contributed by atoms with Gasteiger partial charge < -0.3 is 9.47 Å². The molecule has 3 aromatic rings. The van der Waals surface area contributed by atoms with Crippen LogP contribution in [0.5, 0.6) is 5.75 Å². The quantitative estimate of drug-likeness (QED) is 0.141. The van der Waals surface area contributed by atoms with Gasteiger partial charge in [-0.3, -0.25) is 14.6 Å². The molecule has 0 bridgehead atoms. The van der Waals surface area contributed by atoms with Gasteiger partial charge in [-0.1, -0.05) is 51.2 Å². The molecule has 0 amide bonds. The lowest BCUT2D eigenvalue weighted by atomic mass is 9.72. The highest BCUT2D eigenvalue weighted by molar-refractivity contribution is 8.02. The maximum Gasteiger partial charge on any atom is 0.311 e. The van der Waals surface area contributed by atoms with E-state index in [4.69, 9.17) is 9.47 Å². The Morgan fingerprint density at radius 1 is 0.974 bits per heavy atom. The van der Waals surface area contributed by atoms with Gasteiger partial charge in [-0.25, -0.2) is 0 Å². The zero-order valence-corrected chi connectivity index (χ0v) is 26.4. The maximum absolute atomic E-state index is 12.6. The number of hydrogen-bond donors (Lipinski definition) is 0. The van der Waals surface area contributed by atoms with Crippen molar-refractivity contribution in [3.8, 4) is 16.9 Å². The van der Waals surface area contributed by atoms with Gasteiger partial charge in [-0.05, 0) is 61.4 Å². The van der Waals surface area contributed by atoms with Crippen molar-refractivity contribution < 1.29 is 14.3 Å². The Bertz CT molecular complexity index is 1270. The van der Waals surface area contributed by atoms with Crippen molar-refractivity contribution >= 4 is 50.9 Å². The minimum Gasteiger partial charge on any atom is -0.493 e. The predicted molar refractivity (Wildman–Crippen MR) is 169 cm³/mol. The minimum atomic E-state index is -0.471. The van der Waals surface area contributed by atoms with Crippen LogP contribution in [0.15, 0.2) is 53.6 Å². The number of ether oxygens (including phenoxy) is 2. The molecular formula is C31H41NO4S3. The number of thioether (sulfide) groups is 2. The monoisotopic (exact) mass is 587 g/mol. The molecule has 0 aliphatic rings.